The first-order valence-corrected chi connectivity index (χ1v) is 8.56. The second kappa shape index (κ2) is 5.60. The maximum Gasteiger partial charge on any atom is 0.347 e. The van der Waals surface area contributed by atoms with Gasteiger partial charge in [-0.3, -0.25) is 4.31 Å². The van der Waals surface area contributed by atoms with Gasteiger partial charge in [-0.05, 0) is 30.7 Å². The molecule has 0 aromatic heterocycles. The van der Waals surface area contributed by atoms with Gasteiger partial charge in [0.2, 0.25) is 16.1 Å². The summed E-state index contributed by atoms with van der Waals surface area (Å²) in [5.41, 5.74) is 0.786. The van der Waals surface area contributed by atoms with Gasteiger partial charge in [0.15, 0.2) is 0 Å². The highest BCUT2D eigenvalue weighted by molar-refractivity contribution is 7.93. The number of sulfonamides is 1. The molecule has 2 saturated heterocycles. The Morgan fingerprint density at radius 1 is 1.27 bits per heavy atom. The molecule has 22 heavy (non-hydrogen) atoms. The SMILES string of the molecule is O=C(O[C@@H]1CCOC1=O)c1ccc(N2CCCS2(=O)=O)cc1. The molecule has 0 unspecified atom stereocenters. The molecule has 2 fully saturated rings. The zero-order chi connectivity index (χ0) is 15.7. The van der Waals surface area contributed by atoms with Crippen LogP contribution in [0, 0.1) is 0 Å². The Kier molecular flexibility index (Phi) is 3.78. The van der Waals surface area contributed by atoms with E-state index in [1.807, 2.05) is 0 Å². The van der Waals surface area contributed by atoms with Gasteiger partial charge in [-0.2, -0.15) is 0 Å². The number of ether oxygens (including phenoxy) is 2. The summed E-state index contributed by atoms with van der Waals surface area (Å²) in [5, 5.41) is 0. The third-order valence-electron chi connectivity index (χ3n) is 3.63. The van der Waals surface area contributed by atoms with Crippen LogP contribution in [0.1, 0.15) is 23.2 Å². The van der Waals surface area contributed by atoms with Crippen LogP contribution in [0.3, 0.4) is 0 Å². The van der Waals surface area contributed by atoms with Crippen LogP contribution in [-0.2, 0) is 24.3 Å². The normalized spacial score (nSPS) is 23.4. The van der Waals surface area contributed by atoms with Gasteiger partial charge in [0.1, 0.15) is 0 Å². The zero-order valence-corrected chi connectivity index (χ0v) is 12.5. The molecule has 2 heterocycles. The Hall–Kier alpha value is -2.09. The van der Waals surface area contributed by atoms with E-state index >= 15 is 0 Å². The molecule has 8 heteroatoms. The Morgan fingerprint density at radius 2 is 2.00 bits per heavy atom. The molecule has 0 amide bonds. The number of benzene rings is 1. The fraction of sp³-hybridized carbons (Fsp3) is 0.429. The highest BCUT2D eigenvalue weighted by Crippen LogP contribution is 2.24. The third-order valence-corrected chi connectivity index (χ3v) is 5.50. The van der Waals surface area contributed by atoms with Crippen LogP contribution in [0.5, 0.6) is 0 Å². The summed E-state index contributed by atoms with van der Waals surface area (Å²) in [4.78, 5) is 23.2. The average Bonchev–Trinajstić information content (AvgIpc) is 3.05. The van der Waals surface area contributed by atoms with E-state index in [0.717, 1.165) is 0 Å². The molecule has 1 aromatic carbocycles. The number of hydrogen-bond acceptors (Lipinski definition) is 6. The number of nitrogens with zero attached hydrogens (tertiary/aromatic N) is 1. The van der Waals surface area contributed by atoms with Crippen molar-refractivity contribution >= 4 is 27.6 Å². The van der Waals surface area contributed by atoms with Gasteiger partial charge in [0.25, 0.3) is 0 Å². The molecule has 0 saturated carbocycles. The van der Waals surface area contributed by atoms with E-state index in [9.17, 15) is 18.0 Å². The van der Waals surface area contributed by atoms with Crippen LogP contribution in [0.25, 0.3) is 0 Å². The number of carbonyl (C=O) groups excluding carboxylic acids is 2. The lowest BCUT2D eigenvalue weighted by Crippen LogP contribution is -2.25. The van der Waals surface area contributed by atoms with E-state index in [0.29, 0.717) is 25.1 Å². The van der Waals surface area contributed by atoms with Crippen molar-refractivity contribution < 1.29 is 27.5 Å². The first kappa shape index (κ1) is 14.8. The lowest BCUT2D eigenvalue weighted by atomic mass is 10.2. The average molecular weight is 325 g/mol. The molecule has 2 aliphatic rings. The molecule has 0 N–H and O–H groups in total. The molecule has 2 aliphatic heterocycles. The molecule has 1 aromatic rings. The van der Waals surface area contributed by atoms with Crippen molar-refractivity contribution in [3.05, 3.63) is 29.8 Å². The van der Waals surface area contributed by atoms with E-state index in [1.165, 1.54) is 16.4 Å². The van der Waals surface area contributed by atoms with Crippen LogP contribution in [0.4, 0.5) is 5.69 Å². The van der Waals surface area contributed by atoms with E-state index in [2.05, 4.69) is 0 Å². The summed E-state index contributed by atoms with van der Waals surface area (Å²) in [5.74, 6) is -1.02. The van der Waals surface area contributed by atoms with Gasteiger partial charge in [-0.1, -0.05) is 0 Å². The Labute approximate surface area is 127 Å². The predicted molar refractivity (Wildman–Crippen MR) is 77.0 cm³/mol. The van der Waals surface area contributed by atoms with Crippen molar-refractivity contribution in [2.75, 3.05) is 23.2 Å². The molecule has 0 aliphatic carbocycles. The molecular formula is C14H15NO6S. The van der Waals surface area contributed by atoms with Gasteiger partial charge in [-0.15, -0.1) is 0 Å². The van der Waals surface area contributed by atoms with Gasteiger partial charge in [0.05, 0.1) is 23.6 Å². The number of cyclic esters (lactones) is 1. The quantitative estimate of drug-likeness (QED) is 0.760. The molecule has 0 spiro atoms. The summed E-state index contributed by atoms with van der Waals surface area (Å²) >= 11 is 0. The maximum absolute atomic E-state index is 11.9. The Balaban J connectivity index is 1.71. The minimum atomic E-state index is -3.24. The van der Waals surface area contributed by atoms with Crippen molar-refractivity contribution in [3.63, 3.8) is 0 Å². The molecule has 7 nitrogen and oxygen atoms in total. The second-order valence-corrected chi connectivity index (χ2v) is 7.15. The number of anilines is 1. The van der Waals surface area contributed by atoms with Crippen LogP contribution in [-0.4, -0.2) is 45.4 Å². The molecule has 3 rings (SSSR count). The van der Waals surface area contributed by atoms with Crippen molar-refractivity contribution in [1.82, 2.24) is 0 Å². The first-order valence-electron chi connectivity index (χ1n) is 6.95. The summed E-state index contributed by atoms with van der Waals surface area (Å²) < 4.78 is 34.8. The standard InChI is InChI=1S/C14H15NO6S/c16-13(21-12-6-8-20-14(12)17)10-2-4-11(5-3-10)15-7-1-9-22(15,18)19/h2-5,12H,1,6-9H2/t12-/m1/s1. The lowest BCUT2D eigenvalue weighted by molar-refractivity contribution is -0.145. The minimum absolute atomic E-state index is 0.139. The summed E-state index contributed by atoms with van der Waals surface area (Å²) in [6, 6.07) is 6.11. The van der Waals surface area contributed by atoms with Gasteiger partial charge in [-0.25, -0.2) is 18.0 Å². The molecule has 118 valence electrons. The van der Waals surface area contributed by atoms with Crippen LogP contribution in [0.2, 0.25) is 0 Å². The number of hydrogen-bond donors (Lipinski definition) is 0. The van der Waals surface area contributed by atoms with E-state index in [-0.39, 0.29) is 17.9 Å². The topological polar surface area (TPSA) is 90.0 Å². The number of esters is 2. The van der Waals surface area contributed by atoms with Gasteiger partial charge < -0.3 is 9.47 Å². The predicted octanol–water partition coefficient (Wildman–Crippen LogP) is 0.699. The molecule has 1 atom stereocenters. The van der Waals surface area contributed by atoms with E-state index < -0.39 is 28.1 Å². The lowest BCUT2D eigenvalue weighted by Gasteiger charge is -2.17. The largest absolute Gasteiger partial charge is 0.463 e. The minimum Gasteiger partial charge on any atom is -0.463 e. The maximum atomic E-state index is 11.9. The van der Waals surface area contributed by atoms with Crippen molar-refractivity contribution in [3.8, 4) is 0 Å². The van der Waals surface area contributed by atoms with E-state index in [4.69, 9.17) is 9.47 Å². The smallest absolute Gasteiger partial charge is 0.347 e. The van der Waals surface area contributed by atoms with Crippen molar-refractivity contribution in [1.29, 1.82) is 0 Å². The third kappa shape index (κ3) is 2.78. The van der Waals surface area contributed by atoms with Gasteiger partial charge in [0, 0.05) is 13.0 Å². The molecule has 0 radical (unpaired) electrons. The summed E-state index contributed by atoms with van der Waals surface area (Å²) in [7, 11) is -3.24. The Bertz CT molecular complexity index is 697. The van der Waals surface area contributed by atoms with Crippen LogP contribution in [0.15, 0.2) is 24.3 Å². The van der Waals surface area contributed by atoms with Crippen molar-refractivity contribution in [2.45, 2.75) is 18.9 Å². The second-order valence-electron chi connectivity index (χ2n) is 5.14. The van der Waals surface area contributed by atoms with Crippen LogP contribution >= 0.6 is 0 Å². The van der Waals surface area contributed by atoms with Crippen molar-refractivity contribution in [2.24, 2.45) is 0 Å². The monoisotopic (exact) mass is 325 g/mol. The summed E-state index contributed by atoms with van der Waals surface area (Å²) in [6.07, 6.45) is 0.0936. The Morgan fingerprint density at radius 3 is 2.55 bits per heavy atom. The molecule has 0 bridgehead atoms. The fourth-order valence-corrected chi connectivity index (χ4v) is 4.04. The zero-order valence-electron chi connectivity index (χ0n) is 11.7. The summed E-state index contributed by atoms with van der Waals surface area (Å²) in [6.45, 7) is 0.697. The van der Waals surface area contributed by atoms with Gasteiger partial charge >= 0.3 is 11.9 Å². The highest BCUT2D eigenvalue weighted by atomic mass is 32.2. The number of rotatable bonds is 3. The number of carbonyl (C=O) groups is 2. The highest BCUT2D eigenvalue weighted by Gasteiger charge is 2.31. The van der Waals surface area contributed by atoms with Crippen LogP contribution < -0.4 is 4.31 Å². The fourth-order valence-electron chi connectivity index (χ4n) is 2.47. The first-order chi connectivity index (χ1) is 10.5. The molecular weight excluding hydrogens is 310 g/mol. The van der Waals surface area contributed by atoms with E-state index in [1.54, 1.807) is 12.1 Å².